The number of hydrogen-bond donors (Lipinski definition) is 2. The van der Waals surface area contributed by atoms with Crippen LogP contribution in [0.25, 0.3) is 0 Å². The first-order valence-electron chi connectivity index (χ1n) is 5.40. The van der Waals surface area contributed by atoms with E-state index >= 15 is 0 Å². The maximum Gasteiger partial charge on any atom is 0.303 e. The molecule has 0 bridgehead atoms. The van der Waals surface area contributed by atoms with Gasteiger partial charge in [0.15, 0.2) is 0 Å². The van der Waals surface area contributed by atoms with Gasteiger partial charge in [0, 0.05) is 13.0 Å². The minimum Gasteiger partial charge on any atom is -0.481 e. The summed E-state index contributed by atoms with van der Waals surface area (Å²) in [5.41, 5.74) is 5.23. The molecule has 0 spiro atoms. The van der Waals surface area contributed by atoms with Crippen LogP contribution in [-0.4, -0.2) is 35.7 Å². The van der Waals surface area contributed by atoms with Gasteiger partial charge in [-0.2, -0.15) is 0 Å². The molecule has 0 fully saturated rings. The van der Waals surface area contributed by atoms with E-state index in [1.165, 1.54) is 0 Å². The highest BCUT2D eigenvalue weighted by Crippen LogP contribution is 2.08. The number of amidine groups is 1. The molecule has 0 saturated carbocycles. The maximum atomic E-state index is 10.2. The summed E-state index contributed by atoms with van der Waals surface area (Å²) >= 11 is 0. The number of rotatable bonds is 8. The minimum atomic E-state index is -0.750. The Morgan fingerprint density at radius 2 is 2.00 bits per heavy atom. The average Bonchev–Trinajstić information content (AvgIpc) is 2.22. The van der Waals surface area contributed by atoms with Crippen molar-refractivity contribution >= 4 is 18.5 Å². The van der Waals surface area contributed by atoms with Crippen LogP contribution in [0.2, 0.25) is 0 Å². The largest absolute Gasteiger partial charge is 0.481 e. The predicted octanol–water partition coefficient (Wildman–Crippen LogP) is 1.47. The van der Waals surface area contributed by atoms with E-state index in [9.17, 15) is 4.79 Å². The number of aliphatic imine (C=N–C) groups is 2. The van der Waals surface area contributed by atoms with Crippen molar-refractivity contribution in [1.29, 1.82) is 0 Å². The molecule has 0 saturated heterocycles. The lowest BCUT2D eigenvalue weighted by molar-refractivity contribution is -0.137. The molecule has 0 unspecified atom stereocenters. The second kappa shape index (κ2) is 6.98. The van der Waals surface area contributed by atoms with Gasteiger partial charge >= 0.3 is 5.97 Å². The van der Waals surface area contributed by atoms with Crippen LogP contribution < -0.4 is 5.73 Å². The maximum absolute atomic E-state index is 10.2. The molecule has 3 N–H and O–H groups in total. The summed E-state index contributed by atoms with van der Waals surface area (Å²) in [6.45, 7) is 7.77. The number of aliphatic carboxylic acids is 1. The van der Waals surface area contributed by atoms with E-state index in [0.29, 0.717) is 18.8 Å². The van der Waals surface area contributed by atoms with Crippen molar-refractivity contribution < 1.29 is 9.90 Å². The molecule has 5 heteroatoms. The Balaban J connectivity index is 3.76. The molecule has 0 rings (SSSR count). The van der Waals surface area contributed by atoms with Crippen LogP contribution >= 0.6 is 0 Å². The van der Waals surface area contributed by atoms with Gasteiger partial charge in [0.1, 0.15) is 11.4 Å². The molecule has 16 heavy (non-hydrogen) atoms. The quantitative estimate of drug-likeness (QED) is 0.374. The lowest BCUT2D eigenvalue weighted by atomic mass is 10.1. The summed E-state index contributed by atoms with van der Waals surface area (Å²) < 4.78 is 0. The number of nitrogens with zero attached hydrogens (tertiary/aromatic N) is 2. The highest BCUT2D eigenvalue weighted by Gasteiger charge is 2.19. The van der Waals surface area contributed by atoms with E-state index in [1.54, 1.807) is 0 Å². The third kappa shape index (κ3) is 6.16. The number of carboxylic acids is 1. The van der Waals surface area contributed by atoms with Crippen LogP contribution in [0.1, 0.15) is 39.5 Å². The van der Waals surface area contributed by atoms with Crippen molar-refractivity contribution in [3.8, 4) is 0 Å². The second-order valence-electron chi connectivity index (χ2n) is 4.19. The molecule has 0 amide bonds. The zero-order valence-corrected chi connectivity index (χ0v) is 10.1. The van der Waals surface area contributed by atoms with E-state index in [4.69, 9.17) is 10.8 Å². The van der Waals surface area contributed by atoms with E-state index in [-0.39, 0.29) is 6.42 Å². The Morgan fingerprint density at radius 3 is 2.50 bits per heavy atom. The minimum absolute atomic E-state index is 0.221. The number of nitrogens with two attached hydrogens (primary N) is 1. The Morgan fingerprint density at radius 1 is 1.38 bits per heavy atom. The summed E-state index contributed by atoms with van der Waals surface area (Å²) in [6, 6.07) is 0. The normalized spacial score (nSPS) is 12.5. The molecule has 92 valence electrons. The number of hydrogen-bond acceptors (Lipinski definition) is 3. The zero-order chi connectivity index (χ0) is 12.6. The monoisotopic (exact) mass is 227 g/mol. The molecule has 5 nitrogen and oxygen atoms in total. The van der Waals surface area contributed by atoms with Gasteiger partial charge in [-0.15, -0.1) is 0 Å². The van der Waals surface area contributed by atoms with Crippen molar-refractivity contribution in [3.63, 3.8) is 0 Å². The van der Waals surface area contributed by atoms with E-state index in [1.807, 2.05) is 13.8 Å². The van der Waals surface area contributed by atoms with Gasteiger partial charge in [0.2, 0.25) is 0 Å². The van der Waals surface area contributed by atoms with Crippen LogP contribution in [0.4, 0.5) is 0 Å². The summed E-state index contributed by atoms with van der Waals surface area (Å²) in [5.74, 6) is -0.277. The fourth-order valence-electron chi connectivity index (χ4n) is 1.04. The zero-order valence-electron chi connectivity index (χ0n) is 10.1. The Hall–Kier alpha value is -1.39. The van der Waals surface area contributed by atoms with Crippen LogP contribution in [0.15, 0.2) is 9.98 Å². The summed E-state index contributed by atoms with van der Waals surface area (Å²) in [5, 5.41) is 8.43. The highest BCUT2D eigenvalue weighted by molar-refractivity contribution is 5.89. The lowest BCUT2D eigenvalue weighted by Gasteiger charge is -2.17. The smallest absolute Gasteiger partial charge is 0.303 e. The van der Waals surface area contributed by atoms with E-state index in [2.05, 4.69) is 16.7 Å². The SMILES string of the molecule is C=NC(C)(C)C(N)=NCCCCCC(=O)O. The van der Waals surface area contributed by atoms with Gasteiger partial charge in [-0.25, -0.2) is 0 Å². The fraction of sp³-hybridized carbons (Fsp3) is 0.727. The third-order valence-corrected chi connectivity index (χ3v) is 2.35. The molecule has 0 heterocycles. The molecule has 0 radical (unpaired) electrons. The molecule has 0 aliphatic heterocycles. The van der Waals surface area contributed by atoms with Crippen molar-refractivity contribution in [1.82, 2.24) is 0 Å². The molecule has 0 atom stereocenters. The summed E-state index contributed by atoms with van der Waals surface area (Å²) in [7, 11) is 0. The Kier molecular flexibility index (Phi) is 6.37. The van der Waals surface area contributed by atoms with Crippen molar-refractivity contribution in [2.75, 3.05) is 6.54 Å². The van der Waals surface area contributed by atoms with Gasteiger partial charge < -0.3 is 10.8 Å². The summed E-state index contributed by atoms with van der Waals surface area (Å²) in [4.78, 5) is 18.3. The standard InChI is InChI=1S/C11H21N3O2/c1-11(2,13-3)10(12)14-8-6-4-5-7-9(15)16/h3-8H2,1-2H3,(H2,12,14)(H,15,16). The first-order valence-corrected chi connectivity index (χ1v) is 5.40. The van der Waals surface area contributed by atoms with Crippen molar-refractivity contribution in [3.05, 3.63) is 0 Å². The lowest BCUT2D eigenvalue weighted by Crippen LogP contribution is -2.36. The van der Waals surface area contributed by atoms with E-state index in [0.717, 1.165) is 12.8 Å². The number of unbranched alkanes of at least 4 members (excludes halogenated alkanes) is 2. The highest BCUT2D eigenvalue weighted by atomic mass is 16.4. The second-order valence-corrected chi connectivity index (χ2v) is 4.19. The first-order chi connectivity index (χ1) is 7.40. The number of carbonyl (C=O) groups is 1. The molecule has 0 aliphatic carbocycles. The van der Waals surface area contributed by atoms with Crippen LogP contribution in [0, 0.1) is 0 Å². The van der Waals surface area contributed by atoms with Crippen molar-refractivity contribution in [2.24, 2.45) is 15.7 Å². The Labute approximate surface area is 96.5 Å². The molecule has 0 aromatic heterocycles. The molecule has 0 aromatic carbocycles. The molecular formula is C11H21N3O2. The predicted molar refractivity (Wildman–Crippen MR) is 66.2 cm³/mol. The van der Waals surface area contributed by atoms with Crippen LogP contribution in [0.5, 0.6) is 0 Å². The molecule has 0 aromatic rings. The number of carboxylic acid groups (broad SMARTS) is 1. The van der Waals surface area contributed by atoms with Crippen LogP contribution in [0.3, 0.4) is 0 Å². The molecular weight excluding hydrogens is 206 g/mol. The fourth-order valence-corrected chi connectivity index (χ4v) is 1.04. The van der Waals surface area contributed by atoms with Gasteiger partial charge in [-0.05, 0) is 33.4 Å². The van der Waals surface area contributed by atoms with Gasteiger partial charge in [0.05, 0.1) is 0 Å². The average molecular weight is 227 g/mol. The van der Waals surface area contributed by atoms with Gasteiger partial charge in [-0.1, -0.05) is 6.42 Å². The summed E-state index contributed by atoms with van der Waals surface area (Å²) in [6.07, 6.45) is 2.61. The van der Waals surface area contributed by atoms with Gasteiger partial charge in [-0.3, -0.25) is 14.8 Å². The van der Waals surface area contributed by atoms with Crippen molar-refractivity contribution in [2.45, 2.75) is 45.1 Å². The van der Waals surface area contributed by atoms with E-state index < -0.39 is 11.5 Å². The van der Waals surface area contributed by atoms with Gasteiger partial charge in [0.25, 0.3) is 0 Å². The molecule has 0 aliphatic rings. The Bertz CT molecular complexity index is 272. The first kappa shape index (κ1) is 14.6. The third-order valence-electron chi connectivity index (χ3n) is 2.35. The topological polar surface area (TPSA) is 88.0 Å². The van der Waals surface area contributed by atoms with Crippen LogP contribution in [-0.2, 0) is 4.79 Å².